The van der Waals surface area contributed by atoms with Crippen LogP contribution in [0.5, 0.6) is 0 Å². The van der Waals surface area contributed by atoms with Crippen LogP contribution in [0.3, 0.4) is 0 Å². The highest BCUT2D eigenvalue weighted by Gasteiger charge is 2.20. The zero-order chi connectivity index (χ0) is 23.2. The molecule has 2 heterocycles. The summed E-state index contributed by atoms with van der Waals surface area (Å²) in [5.41, 5.74) is 8.45. The fourth-order valence-electron chi connectivity index (χ4n) is 4.17. The largest absolute Gasteiger partial charge is 0.213 e. The number of pyridine rings is 2. The number of benzene rings is 3. The van der Waals surface area contributed by atoms with Crippen LogP contribution in [0.15, 0.2) is 128 Å². The van der Waals surface area contributed by atoms with E-state index in [1.54, 1.807) is 0 Å². The topological polar surface area (TPSA) is 7.76 Å². The van der Waals surface area contributed by atoms with Gasteiger partial charge in [0.2, 0.25) is 11.4 Å². The summed E-state index contributed by atoms with van der Waals surface area (Å²) < 4.78 is 4.47. The molecule has 0 amide bonds. The van der Waals surface area contributed by atoms with Crippen molar-refractivity contribution in [2.24, 2.45) is 7.05 Å². The molecule has 0 aliphatic heterocycles. The molecule has 5 rings (SSSR count). The van der Waals surface area contributed by atoms with Crippen LogP contribution >= 0.6 is 0 Å². The van der Waals surface area contributed by atoms with Gasteiger partial charge in [0, 0.05) is 41.5 Å². The summed E-state index contributed by atoms with van der Waals surface area (Å²) in [7, 11) is 2.04. The van der Waals surface area contributed by atoms with E-state index >= 15 is 0 Å². The van der Waals surface area contributed by atoms with E-state index < -0.39 is 0 Å². The van der Waals surface area contributed by atoms with Crippen molar-refractivity contribution in [1.29, 1.82) is 0 Å². The Bertz CT molecular complexity index is 1390. The molecule has 0 fully saturated rings. The van der Waals surface area contributed by atoms with Gasteiger partial charge in [0.25, 0.3) is 0 Å². The normalized spacial score (nSPS) is 11.1. The first-order valence-electron chi connectivity index (χ1n) is 11.6. The van der Waals surface area contributed by atoms with Crippen LogP contribution < -0.4 is 9.13 Å². The van der Waals surface area contributed by atoms with Crippen molar-refractivity contribution in [3.63, 3.8) is 0 Å². The molecule has 2 aromatic heterocycles. The average Bonchev–Trinajstić information content (AvgIpc) is 2.90. The number of rotatable bonds is 6. The van der Waals surface area contributed by atoms with Crippen LogP contribution in [0.2, 0.25) is 0 Å². The minimum absolute atomic E-state index is 0.795. The van der Waals surface area contributed by atoms with E-state index in [1.165, 1.54) is 33.5 Å². The Morgan fingerprint density at radius 2 is 1.18 bits per heavy atom. The molecule has 34 heavy (non-hydrogen) atoms. The van der Waals surface area contributed by atoms with Gasteiger partial charge >= 0.3 is 0 Å². The van der Waals surface area contributed by atoms with Gasteiger partial charge in [-0.1, -0.05) is 78.9 Å². The number of aromatic nitrogens is 2. The smallest absolute Gasteiger partial charge is 0.208 e. The molecular formula is C32H28N2+2. The summed E-state index contributed by atoms with van der Waals surface area (Å²) in [5.74, 6) is 0. The Labute approximate surface area is 201 Å². The van der Waals surface area contributed by atoms with Crippen LogP contribution in [0.1, 0.15) is 16.8 Å². The molecule has 0 spiro atoms. The lowest BCUT2D eigenvalue weighted by Gasteiger charge is -2.11. The summed E-state index contributed by atoms with van der Waals surface area (Å²) in [6.45, 7) is 0.795. The molecule has 2 nitrogen and oxygen atoms in total. The maximum absolute atomic E-state index is 2.41. The molecule has 5 aromatic rings. The first-order valence-corrected chi connectivity index (χ1v) is 11.6. The maximum atomic E-state index is 2.41. The Kier molecular flexibility index (Phi) is 6.40. The molecule has 0 bridgehead atoms. The number of hydrogen-bond acceptors (Lipinski definition) is 0. The van der Waals surface area contributed by atoms with Crippen LogP contribution in [0.25, 0.3) is 34.5 Å². The number of nitrogens with zero attached hydrogens (tertiary/aromatic N) is 2. The zero-order valence-electron chi connectivity index (χ0n) is 19.4. The van der Waals surface area contributed by atoms with Crippen LogP contribution in [-0.2, 0) is 13.6 Å². The highest BCUT2D eigenvalue weighted by atomic mass is 15.0. The lowest BCUT2D eigenvalue weighted by Crippen LogP contribution is -2.40. The van der Waals surface area contributed by atoms with Crippen molar-refractivity contribution in [3.05, 3.63) is 144 Å². The summed E-state index contributed by atoms with van der Waals surface area (Å²) in [5, 5.41) is 0. The van der Waals surface area contributed by atoms with Crippen molar-refractivity contribution >= 4 is 12.2 Å². The quantitative estimate of drug-likeness (QED) is 0.272. The molecule has 0 N–H and O–H groups in total. The molecule has 0 saturated carbocycles. The predicted molar refractivity (Wildman–Crippen MR) is 140 cm³/mol. The second-order valence-corrected chi connectivity index (χ2v) is 8.49. The molecule has 0 atom stereocenters. The second-order valence-electron chi connectivity index (χ2n) is 8.49. The lowest BCUT2D eigenvalue weighted by atomic mass is 10.0. The molecule has 3 aromatic carbocycles. The maximum Gasteiger partial charge on any atom is 0.213 e. The number of hydrogen-bond donors (Lipinski definition) is 0. The molecule has 2 heteroatoms. The third kappa shape index (κ3) is 5.02. The van der Waals surface area contributed by atoms with Gasteiger partial charge in [-0.25, -0.2) is 4.57 Å². The summed E-state index contributed by atoms with van der Waals surface area (Å²) in [4.78, 5) is 0. The minimum Gasteiger partial charge on any atom is -0.208 e. The second kappa shape index (κ2) is 10.1. The van der Waals surface area contributed by atoms with E-state index in [-0.39, 0.29) is 0 Å². The van der Waals surface area contributed by atoms with Crippen LogP contribution in [0, 0.1) is 0 Å². The van der Waals surface area contributed by atoms with Gasteiger partial charge in [-0.2, -0.15) is 4.57 Å². The van der Waals surface area contributed by atoms with Crippen LogP contribution in [0.4, 0.5) is 0 Å². The highest BCUT2D eigenvalue weighted by Crippen LogP contribution is 2.26. The zero-order valence-corrected chi connectivity index (χ0v) is 19.4. The molecule has 0 radical (unpaired) electrons. The van der Waals surface area contributed by atoms with Crippen molar-refractivity contribution < 1.29 is 9.13 Å². The first kappa shape index (κ1) is 21.5. The van der Waals surface area contributed by atoms with Gasteiger partial charge < -0.3 is 0 Å². The Morgan fingerprint density at radius 1 is 0.588 bits per heavy atom. The average molecular weight is 441 g/mol. The Morgan fingerprint density at radius 3 is 1.82 bits per heavy atom. The van der Waals surface area contributed by atoms with Gasteiger partial charge in [-0.15, -0.1) is 0 Å². The first-order chi connectivity index (χ1) is 16.8. The minimum atomic E-state index is 0.795. The van der Waals surface area contributed by atoms with Crippen LogP contribution in [-0.4, -0.2) is 0 Å². The third-order valence-corrected chi connectivity index (χ3v) is 6.01. The van der Waals surface area contributed by atoms with Crippen molar-refractivity contribution in [3.8, 4) is 22.4 Å². The lowest BCUT2D eigenvalue weighted by molar-refractivity contribution is -0.679. The molecule has 164 valence electrons. The summed E-state index contributed by atoms with van der Waals surface area (Å²) in [6, 6.07) is 40.8. The van der Waals surface area contributed by atoms with E-state index in [2.05, 4.69) is 149 Å². The standard InChI is InChI=1S/C32H28N2/c1-33-21-19-26(20-22-33)17-18-31-23-30(28-13-7-3-8-14-28)24-32(29-15-9-4-10-16-29)34(31)25-27-11-5-2-6-12-27/h2-24H,25H2,1H3/q+2. The predicted octanol–water partition coefficient (Wildman–Crippen LogP) is 6.35. The fourth-order valence-corrected chi connectivity index (χ4v) is 4.17. The monoisotopic (exact) mass is 440 g/mol. The summed E-state index contributed by atoms with van der Waals surface area (Å²) >= 11 is 0. The van der Waals surface area contributed by atoms with E-state index in [4.69, 9.17) is 0 Å². The van der Waals surface area contributed by atoms with E-state index in [0.717, 1.165) is 12.2 Å². The van der Waals surface area contributed by atoms with Crippen molar-refractivity contribution in [1.82, 2.24) is 0 Å². The van der Waals surface area contributed by atoms with Gasteiger partial charge in [-0.3, -0.25) is 0 Å². The molecule has 0 unspecified atom stereocenters. The van der Waals surface area contributed by atoms with Gasteiger partial charge in [0.15, 0.2) is 18.9 Å². The third-order valence-electron chi connectivity index (χ3n) is 6.01. The molecular weight excluding hydrogens is 412 g/mol. The Hall–Kier alpha value is -4.30. The van der Waals surface area contributed by atoms with Crippen molar-refractivity contribution in [2.75, 3.05) is 0 Å². The van der Waals surface area contributed by atoms with E-state index in [1.807, 2.05) is 7.05 Å². The molecule has 0 aliphatic rings. The van der Waals surface area contributed by atoms with E-state index in [9.17, 15) is 0 Å². The fraction of sp³-hybridized carbons (Fsp3) is 0.0625. The van der Waals surface area contributed by atoms with Crippen molar-refractivity contribution in [2.45, 2.75) is 6.54 Å². The van der Waals surface area contributed by atoms with Gasteiger partial charge in [0.1, 0.15) is 7.05 Å². The molecule has 0 saturated heterocycles. The van der Waals surface area contributed by atoms with Gasteiger partial charge in [0.05, 0.1) is 0 Å². The molecule has 0 aliphatic carbocycles. The SMILES string of the molecule is C[n+]1ccc(C=Cc2cc(-c3ccccc3)cc(-c3ccccc3)[n+]2Cc2ccccc2)cc1. The highest BCUT2D eigenvalue weighted by molar-refractivity contribution is 5.74. The Balaban J connectivity index is 1.70. The summed E-state index contributed by atoms with van der Waals surface area (Å²) in [6.07, 6.45) is 8.58. The van der Waals surface area contributed by atoms with E-state index in [0.29, 0.717) is 0 Å². The van der Waals surface area contributed by atoms with Gasteiger partial charge in [-0.05, 0) is 34.9 Å². The number of aryl methyl sites for hydroxylation is 1.